The van der Waals surface area contributed by atoms with E-state index in [0.717, 1.165) is 4.47 Å². The lowest BCUT2D eigenvalue weighted by Crippen LogP contribution is -1.93. The lowest BCUT2D eigenvalue weighted by atomic mass is 10.2. The molecule has 18 heavy (non-hydrogen) atoms. The highest BCUT2D eigenvalue weighted by atomic mass is 79.9. The summed E-state index contributed by atoms with van der Waals surface area (Å²) < 4.78 is 19.8. The summed E-state index contributed by atoms with van der Waals surface area (Å²) in [6.45, 7) is 0. The molecule has 0 bridgehead atoms. The first-order valence-electron chi connectivity index (χ1n) is 5.08. The first kappa shape index (κ1) is 13.7. The summed E-state index contributed by atoms with van der Waals surface area (Å²) in [4.78, 5) is 0. The SMILES string of the molecule is Fc1ccc(Br)cc1Oc1cccc(Cl)c1CCl. The van der Waals surface area contributed by atoms with Crippen LogP contribution in [0.2, 0.25) is 5.02 Å². The topological polar surface area (TPSA) is 9.23 Å². The molecule has 0 saturated carbocycles. The van der Waals surface area contributed by atoms with Crippen molar-refractivity contribution in [3.63, 3.8) is 0 Å². The molecule has 0 amide bonds. The molecular weight excluding hydrogens is 342 g/mol. The van der Waals surface area contributed by atoms with Crippen molar-refractivity contribution < 1.29 is 9.13 Å². The van der Waals surface area contributed by atoms with E-state index in [2.05, 4.69) is 15.9 Å². The summed E-state index contributed by atoms with van der Waals surface area (Å²) >= 11 is 15.1. The maximum absolute atomic E-state index is 13.6. The predicted molar refractivity (Wildman–Crippen MR) is 75.2 cm³/mol. The van der Waals surface area contributed by atoms with Crippen LogP contribution in [-0.4, -0.2) is 0 Å². The second kappa shape index (κ2) is 5.91. The molecule has 0 aromatic heterocycles. The minimum absolute atomic E-state index is 0.123. The van der Waals surface area contributed by atoms with Crippen molar-refractivity contribution in [2.45, 2.75) is 5.88 Å². The molecule has 0 aliphatic rings. The van der Waals surface area contributed by atoms with Crippen LogP contribution in [-0.2, 0) is 5.88 Å². The van der Waals surface area contributed by atoms with Crippen molar-refractivity contribution in [1.82, 2.24) is 0 Å². The molecule has 0 atom stereocenters. The van der Waals surface area contributed by atoms with Crippen LogP contribution in [0.15, 0.2) is 40.9 Å². The van der Waals surface area contributed by atoms with Gasteiger partial charge in [0.2, 0.25) is 0 Å². The number of alkyl halides is 1. The Bertz CT molecular complexity index is 575. The van der Waals surface area contributed by atoms with E-state index < -0.39 is 5.82 Å². The zero-order valence-electron chi connectivity index (χ0n) is 9.09. The molecule has 1 nitrogen and oxygen atoms in total. The number of benzene rings is 2. The fourth-order valence-corrected chi connectivity index (χ4v) is 2.35. The molecule has 2 aromatic rings. The van der Waals surface area contributed by atoms with E-state index in [-0.39, 0.29) is 11.6 Å². The van der Waals surface area contributed by atoms with E-state index >= 15 is 0 Å². The van der Waals surface area contributed by atoms with Crippen LogP contribution in [0.25, 0.3) is 0 Å². The van der Waals surface area contributed by atoms with Gasteiger partial charge in [-0.2, -0.15) is 0 Å². The molecule has 0 aliphatic carbocycles. The second-order valence-electron chi connectivity index (χ2n) is 3.53. The standard InChI is InChI=1S/C13H8BrCl2FO/c14-8-4-5-11(17)13(6-8)18-12-3-1-2-10(16)9(12)7-15/h1-6H,7H2. The Morgan fingerprint density at radius 3 is 2.67 bits per heavy atom. The van der Waals surface area contributed by atoms with Gasteiger partial charge in [0.05, 0.1) is 5.88 Å². The Morgan fingerprint density at radius 1 is 1.17 bits per heavy atom. The normalized spacial score (nSPS) is 10.4. The highest BCUT2D eigenvalue weighted by Gasteiger charge is 2.11. The highest BCUT2D eigenvalue weighted by molar-refractivity contribution is 9.10. The monoisotopic (exact) mass is 348 g/mol. The maximum atomic E-state index is 13.6. The quantitative estimate of drug-likeness (QED) is 0.639. The first-order valence-corrected chi connectivity index (χ1v) is 6.78. The molecule has 0 saturated heterocycles. The van der Waals surface area contributed by atoms with Crippen molar-refractivity contribution in [3.05, 3.63) is 57.3 Å². The second-order valence-corrected chi connectivity index (χ2v) is 5.12. The Labute approximate surface area is 123 Å². The highest BCUT2D eigenvalue weighted by Crippen LogP contribution is 2.33. The Balaban J connectivity index is 2.40. The van der Waals surface area contributed by atoms with E-state index in [1.54, 1.807) is 30.3 Å². The number of hydrogen-bond acceptors (Lipinski definition) is 1. The molecule has 94 valence electrons. The van der Waals surface area contributed by atoms with E-state index in [9.17, 15) is 4.39 Å². The summed E-state index contributed by atoms with van der Waals surface area (Å²) in [6.07, 6.45) is 0. The van der Waals surface area contributed by atoms with Crippen LogP contribution >= 0.6 is 39.1 Å². The summed E-state index contributed by atoms with van der Waals surface area (Å²) in [5, 5.41) is 0.498. The van der Waals surface area contributed by atoms with Crippen molar-refractivity contribution in [2.75, 3.05) is 0 Å². The number of ether oxygens (including phenoxy) is 1. The third-order valence-electron chi connectivity index (χ3n) is 2.32. The summed E-state index contributed by atoms with van der Waals surface area (Å²) in [7, 11) is 0. The van der Waals surface area contributed by atoms with Gasteiger partial charge >= 0.3 is 0 Å². The van der Waals surface area contributed by atoms with Crippen LogP contribution in [0.5, 0.6) is 11.5 Å². The van der Waals surface area contributed by atoms with Gasteiger partial charge < -0.3 is 4.74 Å². The number of hydrogen-bond donors (Lipinski definition) is 0. The van der Waals surface area contributed by atoms with Crippen LogP contribution < -0.4 is 4.74 Å². The van der Waals surface area contributed by atoms with Crippen LogP contribution in [0.4, 0.5) is 4.39 Å². The molecular formula is C13H8BrCl2FO. The predicted octanol–water partition coefficient (Wildman–Crippen LogP) is 5.77. The van der Waals surface area contributed by atoms with Crippen LogP contribution in [0.3, 0.4) is 0 Å². The first-order chi connectivity index (χ1) is 8.61. The average molecular weight is 350 g/mol. The van der Waals surface area contributed by atoms with Crippen LogP contribution in [0.1, 0.15) is 5.56 Å². The largest absolute Gasteiger partial charge is 0.454 e. The molecule has 5 heteroatoms. The van der Waals surface area contributed by atoms with Crippen molar-refractivity contribution in [1.29, 1.82) is 0 Å². The van der Waals surface area contributed by atoms with Gasteiger partial charge in [0, 0.05) is 15.1 Å². The molecule has 0 fully saturated rings. The fourth-order valence-electron chi connectivity index (χ4n) is 1.44. The van der Waals surface area contributed by atoms with Crippen molar-refractivity contribution in [2.24, 2.45) is 0 Å². The fraction of sp³-hybridized carbons (Fsp3) is 0.0769. The van der Waals surface area contributed by atoms with E-state index in [0.29, 0.717) is 16.3 Å². The molecule has 0 heterocycles. The van der Waals surface area contributed by atoms with E-state index in [1.807, 2.05) is 0 Å². The lowest BCUT2D eigenvalue weighted by Gasteiger charge is -2.11. The van der Waals surface area contributed by atoms with E-state index in [4.69, 9.17) is 27.9 Å². The van der Waals surface area contributed by atoms with Gasteiger partial charge in [-0.05, 0) is 30.3 Å². The Kier molecular flexibility index (Phi) is 4.49. The van der Waals surface area contributed by atoms with Crippen molar-refractivity contribution >= 4 is 39.1 Å². The molecule has 0 spiro atoms. The van der Waals surface area contributed by atoms with Gasteiger partial charge in [0.1, 0.15) is 5.75 Å². The molecule has 0 unspecified atom stereocenters. The van der Waals surface area contributed by atoms with Crippen LogP contribution in [0, 0.1) is 5.82 Å². The van der Waals surface area contributed by atoms with Gasteiger partial charge in [-0.1, -0.05) is 33.6 Å². The van der Waals surface area contributed by atoms with Gasteiger partial charge in [0.25, 0.3) is 0 Å². The maximum Gasteiger partial charge on any atom is 0.165 e. The molecule has 2 aromatic carbocycles. The Morgan fingerprint density at radius 2 is 1.94 bits per heavy atom. The summed E-state index contributed by atoms with van der Waals surface area (Å²) in [6, 6.07) is 9.61. The smallest absolute Gasteiger partial charge is 0.165 e. The Hall–Kier alpha value is -0.770. The average Bonchev–Trinajstić information content (AvgIpc) is 2.34. The summed E-state index contributed by atoms with van der Waals surface area (Å²) in [5.74, 6) is 0.330. The number of rotatable bonds is 3. The zero-order chi connectivity index (χ0) is 13.1. The third kappa shape index (κ3) is 2.97. The molecule has 2 rings (SSSR count). The molecule has 0 radical (unpaired) electrons. The van der Waals surface area contributed by atoms with Crippen molar-refractivity contribution in [3.8, 4) is 11.5 Å². The van der Waals surface area contributed by atoms with Gasteiger partial charge in [-0.15, -0.1) is 11.6 Å². The van der Waals surface area contributed by atoms with Gasteiger partial charge in [-0.25, -0.2) is 4.39 Å². The molecule has 0 N–H and O–H groups in total. The minimum Gasteiger partial charge on any atom is -0.454 e. The summed E-state index contributed by atoms with van der Waals surface area (Å²) in [5.41, 5.74) is 0.639. The van der Waals surface area contributed by atoms with Gasteiger partial charge in [0.15, 0.2) is 11.6 Å². The zero-order valence-corrected chi connectivity index (χ0v) is 12.2. The lowest BCUT2D eigenvalue weighted by molar-refractivity contribution is 0.439. The number of halogens is 4. The van der Waals surface area contributed by atoms with Gasteiger partial charge in [-0.3, -0.25) is 0 Å². The molecule has 0 aliphatic heterocycles. The third-order valence-corrected chi connectivity index (χ3v) is 3.44. The minimum atomic E-state index is -0.446. The van der Waals surface area contributed by atoms with E-state index in [1.165, 1.54) is 6.07 Å².